The lowest BCUT2D eigenvalue weighted by Crippen LogP contribution is -2.53. The molecule has 0 bridgehead atoms. The number of imidazole rings is 1. The molecule has 0 saturated carbocycles. The van der Waals surface area contributed by atoms with Crippen molar-refractivity contribution in [3.63, 3.8) is 0 Å². The van der Waals surface area contributed by atoms with E-state index in [9.17, 15) is 9.59 Å². The van der Waals surface area contributed by atoms with E-state index in [1.165, 1.54) is 0 Å². The average molecular weight is 340 g/mol. The Balaban J connectivity index is 1.53. The summed E-state index contributed by atoms with van der Waals surface area (Å²) in [6.07, 6.45) is 3.21. The second-order valence-electron chi connectivity index (χ2n) is 6.50. The Kier molecular flexibility index (Phi) is 4.01. The van der Waals surface area contributed by atoms with Crippen LogP contribution in [0.25, 0.3) is 0 Å². The molecule has 0 N–H and O–H groups in total. The van der Waals surface area contributed by atoms with E-state index in [-0.39, 0.29) is 30.6 Å². The number of morpholine rings is 1. The highest BCUT2D eigenvalue weighted by Gasteiger charge is 2.45. The van der Waals surface area contributed by atoms with Crippen molar-refractivity contribution in [3.8, 4) is 0 Å². The first kappa shape index (κ1) is 15.8. The summed E-state index contributed by atoms with van der Waals surface area (Å²) < 4.78 is 7.40. The van der Waals surface area contributed by atoms with Crippen LogP contribution in [-0.4, -0.2) is 63.0 Å². The lowest BCUT2D eigenvalue weighted by Gasteiger charge is -2.36. The van der Waals surface area contributed by atoms with Crippen LogP contribution in [0, 0.1) is 0 Å². The topological polar surface area (TPSA) is 67.7 Å². The number of carbonyl (C=O) groups excluding carboxylic acids is 2. The van der Waals surface area contributed by atoms with Gasteiger partial charge in [0.1, 0.15) is 6.61 Å². The van der Waals surface area contributed by atoms with Gasteiger partial charge in [-0.1, -0.05) is 30.3 Å². The molecule has 4 rings (SSSR count). The lowest BCUT2D eigenvalue weighted by atomic mass is 10.1. The number of aromatic nitrogens is 2. The van der Waals surface area contributed by atoms with Crippen LogP contribution in [-0.2, 0) is 23.1 Å². The third-order valence-electron chi connectivity index (χ3n) is 4.87. The van der Waals surface area contributed by atoms with E-state index in [1.54, 1.807) is 28.9 Å². The normalized spacial score (nSPS) is 23.0. The first-order valence-electron chi connectivity index (χ1n) is 8.35. The first-order chi connectivity index (χ1) is 12.1. The molecule has 2 aromatic rings. The van der Waals surface area contributed by atoms with E-state index in [2.05, 4.69) is 4.98 Å². The predicted octanol–water partition coefficient (Wildman–Crippen LogP) is 0.672. The van der Waals surface area contributed by atoms with Crippen molar-refractivity contribution < 1.29 is 14.3 Å². The molecule has 7 heteroatoms. The van der Waals surface area contributed by atoms with E-state index in [4.69, 9.17) is 4.74 Å². The molecule has 2 amide bonds. The van der Waals surface area contributed by atoms with Gasteiger partial charge >= 0.3 is 0 Å². The SMILES string of the molecule is Cn1ccnc1C(=O)N1C[C@@H]2[C@@H](C1)OCC(=O)N2Cc1ccccc1. The number of amides is 2. The quantitative estimate of drug-likeness (QED) is 0.824. The summed E-state index contributed by atoms with van der Waals surface area (Å²) in [6, 6.07) is 9.77. The molecule has 1 aromatic heterocycles. The van der Waals surface area contributed by atoms with E-state index in [0.29, 0.717) is 25.5 Å². The highest BCUT2D eigenvalue weighted by Crippen LogP contribution is 2.26. The average Bonchev–Trinajstić information content (AvgIpc) is 3.24. The van der Waals surface area contributed by atoms with Gasteiger partial charge in [-0.3, -0.25) is 9.59 Å². The third-order valence-corrected chi connectivity index (χ3v) is 4.87. The second-order valence-corrected chi connectivity index (χ2v) is 6.50. The van der Waals surface area contributed by atoms with Gasteiger partial charge in [-0.15, -0.1) is 0 Å². The number of hydrogen-bond acceptors (Lipinski definition) is 4. The molecule has 0 spiro atoms. The molecular formula is C18H20N4O3. The van der Waals surface area contributed by atoms with Crippen LogP contribution in [0.5, 0.6) is 0 Å². The van der Waals surface area contributed by atoms with Crippen molar-refractivity contribution in [2.45, 2.75) is 18.7 Å². The summed E-state index contributed by atoms with van der Waals surface area (Å²) in [5.74, 6) is 0.244. The minimum Gasteiger partial charge on any atom is -0.364 e. The Morgan fingerprint density at radius 2 is 2.08 bits per heavy atom. The maximum absolute atomic E-state index is 12.7. The smallest absolute Gasteiger partial charge is 0.290 e. The standard InChI is InChI=1S/C18H20N4O3/c1-20-8-7-19-17(20)18(24)21-10-14-15(11-21)25-12-16(23)22(14)9-13-5-3-2-4-6-13/h2-8,14-15H,9-12H2,1H3/t14-,15-/m1/s1. The summed E-state index contributed by atoms with van der Waals surface area (Å²) in [5, 5.41) is 0. The van der Waals surface area contributed by atoms with Gasteiger partial charge in [-0.05, 0) is 5.56 Å². The fourth-order valence-electron chi connectivity index (χ4n) is 3.53. The molecule has 2 saturated heterocycles. The fourth-order valence-corrected chi connectivity index (χ4v) is 3.53. The Bertz CT molecular complexity index is 789. The van der Waals surface area contributed by atoms with Gasteiger partial charge in [-0.2, -0.15) is 0 Å². The van der Waals surface area contributed by atoms with Crippen LogP contribution in [0.3, 0.4) is 0 Å². The zero-order valence-corrected chi connectivity index (χ0v) is 14.0. The fraction of sp³-hybridized carbons (Fsp3) is 0.389. The summed E-state index contributed by atoms with van der Waals surface area (Å²) >= 11 is 0. The monoisotopic (exact) mass is 340 g/mol. The molecule has 130 valence electrons. The van der Waals surface area contributed by atoms with E-state index >= 15 is 0 Å². The summed E-state index contributed by atoms with van der Waals surface area (Å²) in [5.41, 5.74) is 1.07. The second kappa shape index (κ2) is 6.33. The molecule has 2 atom stereocenters. The van der Waals surface area contributed by atoms with Crippen molar-refractivity contribution in [3.05, 3.63) is 54.1 Å². The van der Waals surface area contributed by atoms with Crippen LogP contribution in [0.15, 0.2) is 42.7 Å². The van der Waals surface area contributed by atoms with E-state index < -0.39 is 0 Å². The Morgan fingerprint density at radius 3 is 2.80 bits per heavy atom. The molecule has 2 aliphatic heterocycles. The number of fused-ring (bicyclic) bond motifs is 1. The molecule has 25 heavy (non-hydrogen) atoms. The molecular weight excluding hydrogens is 320 g/mol. The molecule has 0 unspecified atom stereocenters. The highest BCUT2D eigenvalue weighted by molar-refractivity contribution is 5.91. The number of benzene rings is 1. The van der Waals surface area contributed by atoms with Gasteiger partial charge in [0, 0.05) is 39.1 Å². The molecule has 3 heterocycles. The summed E-state index contributed by atoms with van der Waals surface area (Å²) in [6.45, 7) is 1.55. The van der Waals surface area contributed by atoms with Crippen molar-refractivity contribution in [2.75, 3.05) is 19.7 Å². The van der Waals surface area contributed by atoms with Gasteiger partial charge in [0.2, 0.25) is 5.91 Å². The summed E-state index contributed by atoms with van der Waals surface area (Å²) in [4.78, 5) is 32.8. The number of likely N-dealkylation sites (tertiary alicyclic amines) is 1. The van der Waals surface area contributed by atoms with Crippen molar-refractivity contribution in [1.82, 2.24) is 19.4 Å². The van der Waals surface area contributed by atoms with Gasteiger partial charge in [0.05, 0.1) is 12.1 Å². The van der Waals surface area contributed by atoms with Crippen molar-refractivity contribution in [1.29, 1.82) is 0 Å². The molecule has 0 aliphatic carbocycles. The lowest BCUT2D eigenvalue weighted by molar-refractivity contribution is -0.153. The van der Waals surface area contributed by atoms with Crippen LogP contribution in [0.4, 0.5) is 0 Å². The Labute approximate surface area is 145 Å². The molecule has 1 aromatic carbocycles. The molecule has 2 fully saturated rings. The largest absolute Gasteiger partial charge is 0.364 e. The zero-order valence-electron chi connectivity index (χ0n) is 14.0. The van der Waals surface area contributed by atoms with Gasteiger partial charge in [0.15, 0.2) is 5.82 Å². The van der Waals surface area contributed by atoms with Gasteiger partial charge < -0.3 is 19.1 Å². The summed E-state index contributed by atoms with van der Waals surface area (Å²) in [7, 11) is 1.80. The highest BCUT2D eigenvalue weighted by atomic mass is 16.5. The minimum atomic E-state index is -0.148. The molecule has 0 radical (unpaired) electrons. The predicted molar refractivity (Wildman–Crippen MR) is 89.6 cm³/mol. The third kappa shape index (κ3) is 2.91. The van der Waals surface area contributed by atoms with E-state index in [1.807, 2.05) is 35.2 Å². The van der Waals surface area contributed by atoms with Crippen molar-refractivity contribution >= 4 is 11.8 Å². The molecule has 2 aliphatic rings. The van der Waals surface area contributed by atoms with Gasteiger partial charge in [0.25, 0.3) is 5.91 Å². The van der Waals surface area contributed by atoms with E-state index in [0.717, 1.165) is 5.56 Å². The number of nitrogens with zero attached hydrogens (tertiary/aromatic N) is 4. The Hall–Kier alpha value is -2.67. The first-order valence-corrected chi connectivity index (χ1v) is 8.35. The van der Waals surface area contributed by atoms with Crippen LogP contribution < -0.4 is 0 Å². The maximum atomic E-state index is 12.7. The number of aryl methyl sites for hydroxylation is 1. The maximum Gasteiger partial charge on any atom is 0.290 e. The van der Waals surface area contributed by atoms with Crippen molar-refractivity contribution in [2.24, 2.45) is 7.05 Å². The van der Waals surface area contributed by atoms with Crippen LogP contribution >= 0.6 is 0 Å². The van der Waals surface area contributed by atoms with Crippen LogP contribution in [0.1, 0.15) is 16.2 Å². The van der Waals surface area contributed by atoms with Gasteiger partial charge in [-0.25, -0.2) is 4.98 Å². The van der Waals surface area contributed by atoms with Crippen LogP contribution in [0.2, 0.25) is 0 Å². The Morgan fingerprint density at radius 1 is 1.28 bits per heavy atom. The number of rotatable bonds is 3. The molecule has 7 nitrogen and oxygen atoms in total. The number of hydrogen-bond donors (Lipinski definition) is 0. The number of ether oxygens (including phenoxy) is 1. The zero-order chi connectivity index (χ0) is 17.4. The minimum absolute atomic E-state index is 0.0311. The number of carbonyl (C=O) groups is 2.